The highest BCUT2D eigenvalue weighted by Crippen LogP contribution is 2.25. The first-order chi connectivity index (χ1) is 14.9. The minimum absolute atomic E-state index is 0.110. The predicted molar refractivity (Wildman–Crippen MR) is 121 cm³/mol. The highest BCUT2D eigenvalue weighted by molar-refractivity contribution is 6.39. The lowest BCUT2D eigenvalue weighted by Gasteiger charge is -2.33. The molecule has 1 atom stereocenters. The number of carbonyl (C=O) groups excluding carboxylic acids is 2. The fourth-order valence-corrected chi connectivity index (χ4v) is 4.02. The first-order valence-electron chi connectivity index (χ1n) is 10.8. The Morgan fingerprint density at radius 3 is 2.26 bits per heavy atom. The van der Waals surface area contributed by atoms with Crippen molar-refractivity contribution in [3.63, 3.8) is 0 Å². The van der Waals surface area contributed by atoms with Gasteiger partial charge in [0.25, 0.3) is 0 Å². The molecule has 7 heteroatoms. The Balaban J connectivity index is 1.67. The molecule has 0 saturated carbocycles. The van der Waals surface area contributed by atoms with E-state index in [9.17, 15) is 9.59 Å². The number of amides is 2. The van der Waals surface area contributed by atoms with Gasteiger partial charge in [0.2, 0.25) is 0 Å². The van der Waals surface area contributed by atoms with E-state index in [1.54, 1.807) is 12.1 Å². The molecule has 1 aliphatic heterocycles. The van der Waals surface area contributed by atoms with Crippen LogP contribution in [0.3, 0.4) is 0 Å². The number of methoxy groups -OCH3 is 1. The van der Waals surface area contributed by atoms with Crippen molar-refractivity contribution in [3.05, 3.63) is 59.2 Å². The molecule has 0 aliphatic carbocycles. The number of nitrogens with one attached hydrogen (secondary N) is 4. The summed E-state index contributed by atoms with van der Waals surface area (Å²) in [6.45, 7) is 8.66. The summed E-state index contributed by atoms with van der Waals surface area (Å²) in [5, 5.41) is 5.53. The number of quaternary nitrogens is 2. The Bertz CT molecular complexity index is 906. The summed E-state index contributed by atoms with van der Waals surface area (Å²) >= 11 is 0. The number of ether oxygens (including phenoxy) is 1. The van der Waals surface area contributed by atoms with Crippen molar-refractivity contribution >= 4 is 17.5 Å². The summed E-state index contributed by atoms with van der Waals surface area (Å²) < 4.78 is 5.28. The molecule has 1 aliphatic rings. The molecule has 0 radical (unpaired) electrons. The largest absolute Gasteiger partial charge is 0.495 e. The van der Waals surface area contributed by atoms with E-state index in [1.165, 1.54) is 28.0 Å². The maximum Gasteiger partial charge on any atom is 0.313 e. The first kappa shape index (κ1) is 22.8. The Morgan fingerprint density at radius 2 is 1.61 bits per heavy atom. The zero-order chi connectivity index (χ0) is 22.4. The minimum atomic E-state index is -0.690. The molecule has 2 aromatic carbocycles. The van der Waals surface area contributed by atoms with Crippen LogP contribution in [0.1, 0.15) is 22.7 Å². The fraction of sp³-hybridized carbons (Fsp3) is 0.417. The second-order valence-electron chi connectivity index (χ2n) is 8.45. The van der Waals surface area contributed by atoms with Crippen molar-refractivity contribution in [2.45, 2.75) is 19.9 Å². The van der Waals surface area contributed by atoms with Crippen molar-refractivity contribution in [2.75, 3.05) is 52.2 Å². The Kier molecular flexibility index (Phi) is 7.65. The van der Waals surface area contributed by atoms with Crippen LogP contribution in [-0.2, 0) is 9.59 Å². The molecule has 31 heavy (non-hydrogen) atoms. The van der Waals surface area contributed by atoms with Gasteiger partial charge in [0.1, 0.15) is 38.0 Å². The van der Waals surface area contributed by atoms with E-state index in [-0.39, 0.29) is 6.04 Å². The van der Waals surface area contributed by atoms with Gasteiger partial charge in [-0.1, -0.05) is 35.9 Å². The third-order valence-corrected chi connectivity index (χ3v) is 5.99. The predicted octanol–water partition coefficient (Wildman–Crippen LogP) is -0.479. The number of benzene rings is 2. The molecule has 0 unspecified atom stereocenters. The van der Waals surface area contributed by atoms with E-state index < -0.39 is 11.8 Å². The number of carbonyl (C=O) groups is 2. The zero-order valence-electron chi connectivity index (χ0n) is 18.9. The average Bonchev–Trinajstić information content (AvgIpc) is 2.76. The van der Waals surface area contributed by atoms with Crippen LogP contribution >= 0.6 is 0 Å². The molecule has 2 amide bonds. The van der Waals surface area contributed by atoms with Gasteiger partial charge in [0.15, 0.2) is 0 Å². The summed E-state index contributed by atoms with van der Waals surface area (Å²) in [7, 11) is 3.75. The second-order valence-corrected chi connectivity index (χ2v) is 8.45. The van der Waals surface area contributed by atoms with Gasteiger partial charge in [-0.3, -0.25) is 9.59 Å². The fourth-order valence-electron chi connectivity index (χ4n) is 4.02. The van der Waals surface area contributed by atoms with Crippen LogP contribution in [-0.4, -0.2) is 58.7 Å². The topological polar surface area (TPSA) is 76.3 Å². The third-order valence-electron chi connectivity index (χ3n) is 5.99. The van der Waals surface area contributed by atoms with Crippen LogP contribution in [0.25, 0.3) is 0 Å². The quantitative estimate of drug-likeness (QED) is 0.472. The summed E-state index contributed by atoms with van der Waals surface area (Å²) in [6, 6.07) is 14.0. The monoisotopic (exact) mass is 426 g/mol. The lowest BCUT2D eigenvalue weighted by Crippen LogP contribution is -3.27. The number of likely N-dealkylation sites (N-methyl/N-ethyl adjacent to an activating group) is 1. The lowest BCUT2D eigenvalue weighted by molar-refractivity contribution is -1.02. The Morgan fingerprint density at radius 1 is 0.968 bits per heavy atom. The van der Waals surface area contributed by atoms with Crippen LogP contribution in [0.15, 0.2) is 42.5 Å². The van der Waals surface area contributed by atoms with E-state index in [4.69, 9.17) is 4.74 Å². The van der Waals surface area contributed by atoms with Crippen molar-refractivity contribution in [2.24, 2.45) is 0 Å². The SMILES string of the molecule is COc1ccc(C)cc1NC(=O)C(=O)NC[C@@H](c1ccc(C)cc1)[NH+]1CC[NH+](C)CC1. The summed E-state index contributed by atoms with van der Waals surface area (Å²) in [6.07, 6.45) is 0. The first-order valence-corrected chi connectivity index (χ1v) is 10.8. The Hall–Kier alpha value is -2.90. The number of aryl methyl sites for hydroxylation is 2. The summed E-state index contributed by atoms with van der Waals surface area (Å²) in [4.78, 5) is 28.1. The van der Waals surface area contributed by atoms with Crippen LogP contribution in [0.2, 0.25) is 0 Å². The van der Waals surface area contributed by atoms with Crippen molar-refractivity contribution < 1.29 is 24.1 Å². The maximum atomic E-state index is 12.6. The van der Waals surface area contributed by atoms with Gasteiger partial charge in [-0.25, -0.2) is 0 Å². The molecule has 0 bridgehead atoms. The van der Waals surface area contributed by atoms with Crippen molar-refractivity contribution in [1.82, 2.24) is 5.32 Å². The van der Waals surface area contributed by atoms with Gasteiger partial charge >= 0.3 is 11.8 Å². The molecular weight excluding hydrogens is 392 g/mol. The number of hydrogen-bond acceptors (Lipinski definition) is 3. The highest BCUT2D eigenvalue weighted by atomic mass is 16.5. The maximum absolute atomic E-state index is 12.6. The number of anilines is 1. The molecule has 4 N–H and O–H groups in total. The third kappa shape index (κ3) is 6.06. The van der Waals surface area contributed by atoms with Crippen LogP contribution in [0, 0.1) is 13.8 Å². The van der Waals surface area contributed by atoms with E-state index >= 15 is 0 Å². The van der Waals surface area contributed by atoms with Crippen LogP contribution in [0.5, 0.6) is 5.75 Å². The molecule has 0 spiro atoms. The number of rotatable bonds is 6. The number of hydrogen-bond donors (Lipinski definition) is 4. The molecule has 166 valence electrons. The van der Waals surface area contributed by atoms with Crippen LogP contribution in [0.4, 0.5) is 5.69 Å². The van der Waals surface area contributed by atoms with Gasteiger partial charge in [0.05, 0.1) is 26.4 Å². The van der Waals surface area contributed by atoms with Crippen LogP contribution < -0.4 is 25.2 Å². The molecular formula is C24H34N4O3+2. The molecule has 1 heterocycles. The van der Waals surface area contributed by atoms with Gasteiger partial charge < -0.3 is 25.2 Å². The van der Waals surface area contributed by atoms with Crippen molar-refractivity contribution in [3.8, 4) is 5.75 Å². The van der Waals surface area contributed by atoms with Gasteiger partial charge in [-0.05, 0) is 31.5 Å². The molecule has 7 nitrogen and oxygen atoms in total. The average molecular weight is 427 g/mol. The molecule has 2 aromatic rings. The zero-order valence-corrected chi connectivity index (χ0v) is 18.9. The molecule has 3 rings (SSSR count). The van der Waals surface area contributed by atoms with E-state index in [0.29, 0.717) is 18.0 Å². The normalized spacial score (nSPS) is 19.4. The number of piperazine rings is 1. The van der Waals surface area contributed by atoms with Crippen molar-refractivity contribution in [1.29, 1.82) is 0 Å². The van der Waals surface area contributed by atoms with Gasteiger partial charge in [-0.15, -0.1) is 0 Å². The summed E-state index contributed by atoms with van der Waals surface area (Å²) in [5.74, 6) is -0.808. The van der Waals surface area contributed by atoms with E-state index in [0.717, 1.165) is 31.7 Å². The molecule has 1 saturated heterocycles. The molecule has 0 aromatic heterocycles. The van der Waals surface area contributed by atoms with Gasteiger partial charge in [-0.2, -0.15) is 0 Å². The minimum Gasteiger partial charge on any atom is -0.495 e. The standard InChI is InChI=1S/C24H32N4O3/c1-17-5-8-19(9-6-17)21(28-13-11-27(3)12-14-28)16-25-23(29)24(30)26-20-15-18(2)7-10-22(20)31-4/h5-10,15,21H,11-14,16H2,1-4H3,(H,25,29)(H,26,30)/p+2/t21-/m0/s1. The highest BCUT2D eigenvalue weighted by Gasteiger charge is 2.30. The summed E-state index contributed by atoms with van der Waals surface area (Å²) in [5.41, 5.74) is 3.85. The molecule has 1 fully saturated rings. The smallest absolute Gasteiger partial charge is 0.313 e. The Labute approximate surface area is 184 Å². The van der Waals surface area contributed by atoms with E-state index in [1.807, 2.05) is 13.0 Å². The lowest BCUT2D eigenvalue weighted by atomic mass is 10.0. The van der Waals surface area contributed by atoms with Gasteiger partial charge in [0, 0.05) is 5.56 Å². The van der Waals surface area contributed by atoms with E-state index in [2.05, 4.69) is 48.9 Å². The second kappa shape index (κ2) is 10.4.